The Morgan fingerprint density at radius 1 is 1.19 bits per heavy atom. The summed E-state index contributed by atoms with van der Waals surface area (Å²) in [5.41, 5.74) is 3.57. The lowest BCUT2D eigenvalue weighted by Crippen LogP contribution is -2.26. The van der Waals surface area contributed by atoms with Crippen LogP contribution in [0.4, 0.5) is 11.5 Å². The molecule has 1 aromatic carbocycles. The molecule has 32 heavy (non-hydrogen) atoms. The zero-order chi connectivity index (χ0) is 23.5. The number of carboxylic acids is 1. The van der Waals surface area contributed by atoms with Crippen molar-refractivity contribution in [1.82, 2.24) is 9.97 Å². The first-order chi connectivity index (χ1) is 15.1. The number of anilines is 2. The van der Waals surface area contributed by atoms with E-state index in [0.29, 0.717) is 28.8 Å². The number of carboxylic acid groups (broad SMARTS) is 1. The molecule has 168 valence electrons. The van der Waals surface area contributed by atoms with Crippen LogP contribution in [-0.4, -0.2) is 21.0 Å². The first-order valence-corrected chi connectivity index (χ1v) is 10.9. The largest absolute Gasteiger partial charge is 0.481 e. The van der Waals surface area contributed by atoms with E-state index >= 15 is 0 Å². The van der Waals surface area contributed by atoms with Gasteiger partial charge in [-0.25, -0.2) is 4.98 Å². The van der Waals surface area contributed by atoms with E-state index in [4.69, 9.17) is 16.3 Å². The number of aromatic nitrogens is 2. The predicted octanol–water partition coefficient (Wildman–Crippen LogP) is 6.50. The minimum absolute atomic E-state index is 0.427. The van der Waals surface area contributed by atoms with Crippen LogP contribution in [0.1, 0.15) is 43.3 Å². The minimum Gasteiger partial charge on any atom is -0.481 e. The molecule has 0 amide bonds. The number of hydrogen-bond acceptors (Lipinski definition) is 5. The van der Waals surface area contributed by atoms with Crippen molar-refractivity contribution in [3.05, 3.63) is 70.1 Å². The standard InChI is InChI=1S/C25H28ClN3O3/c1-6-21-20(26)13-22(16(3)28-21)32-19-7-8-27-23(12-19)29-18-10-15(2)9-17(11-18)14-25(4,5)24(30)31/h7-13H,6,14H2,1-5H3,(H,27,29)(H,30,31). The molecule has 0 aliphatic rings. The molecule has 2 N–H and O–H groups in total. The van der Waals surface area contributed by atoms with E-state index < -0.39 is 11.4 Å². The fourth-order valence-corrected chi connectivity index (χ4v) is 3.68. The molecule has 3 aromatic rings. The van der Waals surface area contributed by atoms with Gasteiger partial charge in [0.05, 0.1) is 21.8 Å². The fraction of sp³-hybridized carbons (Fsp3) is 0.320. The molecule has 0 spiro atoms. The summed E-state index contributed by atoms with van der Waals surface area (Å²) < 4.78 is 6.02. The second-order valence-corrected chi connectivity index (χ2v) is 8.94. The molecule has 2 aromatic heterocycles. The maximum atomic E-state index is 11.5. The number of nitrogens with zero attached hydrogens (tertiary/aromatic N) is 2. The Morgan fingerprint density at radius 3 is 2.62 bits per heavy atom. The Balaban J connectivity index is 1.81. The lowest BCUT2D eigenvalue weighted by Gasteiger charge is -2.20. The summed E-state index contributed by atoms with van der Waals surface area (Å²) in [6, 6.07) is 11.3. The van der Waals surface area contributed by atoms with E-state index in [1.165, 1.54) is 0 Å². The zero-order valence-corrected chi connectivity index (χ0v) is 19.7. The van der Waals surface area contributed by atoms with Crippen molar-refractivity contribution in [2.24, 2.45) is 5.41 Å². The summed E-state index contributed by atoms with van der Waals surface area (Å²) in [5, 5.41) is 13.3. The molecule has 0 saturated heterocycles. The minimum atomic E-state index is -0.850. The van der Waals surface area contributed by atoms with Gasteiger partial charge in [0.2, 0.25) is 0 Å². The lowest BCUT2D eigenvalue weighted by atomic mass is 9.85. The Bertz CT molecular complexity index is 1150. The van der Waals surface area contributed by atoms with Crippen molar-refractivity contribution in [1.29, 1.82) is 0 Å². The normalized spacial score (nSPS) is 11.3. The SMILES string of the molecule is CCc1nc(C)c(Oc2ccnc(Nc3cc(C)cc(CC(C)(C)C(=O)O)c3)c2)cc1Cl. The number of pyridine rings is 2. The zero-order valence-electron chi connectivity index (χ0n) is 19.0. The number of rotatable bonds is 8. The van der Waals surface area contributed by atoms with Crippen LogP contribution in [0.3, 0.4) is 0 Å². The number of aliphatic carboxylic acids is 1. The van der Waals surface area contributed by atoms with Crippen LogP contribution in [0, 0.1) is 19.3 Å². The summed E-state index contributed by atoms with van der Waals surface area (Å²) in [7, 11) is 0. The molecular formula is C25H28ClN3O3. The van der Waals surface area contributed by atoms with Crippen molar-refractivity contribution in [2.45, 2.75) is 47.5 Å². The number of halogens is 1. The molecule has 0 bridgehead atoms. The van der Waals surface area contributed by atoms with Crippen LogP contribution in [0.15, 0.2) is 42.6 Å². The third-order valence-electron chi connectivity index (χ3n) is 5.12. The highest BCUT2D eigenvalue weighted by Gasteiger charge is 2.27. The topological polar surface area (TPSA) is 84.3 Å². The van der Waals surface area contributed by atoms with Crippen molar-refractivity contribution >= 4 is 29.1 Å². The number of benzene rings is 1. The maximum absolute atomic E-state index is 11.5. The van der Waals surface area contributed by atoms with Crippen LogP contribution in [0.5, 0.6) is 11.5 Å². The molecule has 0 atom stereocenters. The number of aryl methyl sites for hydroxylation is 3. The van der Waals surface area contributed by atoms with Gasteiger partial charge in [0, 0.05) is 24.0 Å². The van der Waals surface area contributed by atoms with Gasteiger partial charge in [0.25, 0.3) is 0 Å². The Morgan fingerprint density at radius 2 is 1.94 bits per heavy atom. The van der Waals surface area contributed by atoms with Gasteiger partial charge in [0.1, 0.15) is 17.3 Å². The molecule has 0 unspecified atom stereocenters. The van der Waals surface area contributed by atoms with E-state index in [0.717, 1.165) is 34.6 Å². The van der Waals surface area contributed by atoms with E-state index in [1.807, 2.05) is 39.0 Å². The number of nitrogens with one attached hydrogen (secondary N) is 1. The summed E-state index contributed by atoms with van der Waals surface area (Å²) in [6.07, 6.45) is 2.84. The number of hydrogen-bond donors (Lipinski definition) is 2. The highest BCUT2D eigenvalue weighted by atomic mass is 35.5. The Labute approximate surface area is 193 Å². The molecule has 0 saturated carbocycles. The molecule has 0 radical (unpaired) electrons. The maximum Gasteiger partial charge on any atom is 0.309 e. The average Bonchev–Trinajstić information content (AvgIpc) is 2.70. The second kappa shape index (κ2) is 9.57. The average molecular weight is 454 g/mol. The van der Waals surface area contributed by atoms with Crippen LogP contribution in [0.25, 0.3) is 0 Å². The molecule has 2 heterocycles. The van der Waals surface area contributed by atoms with Gasteiger partial charge in [-0.2, -0.15) is 0 Å². The quantitative estimate of drug-likeness (QED) is 0.405. The molecule has 0 aliphatic carbocycles. The third-order valence-corrected chi connectivity index (χ3v) is 5.45. The van der Waals surface area contributed by atoms with Crippen LogP contribution < -0.4 is 10.1 Å². The van der Waals surface area contributed by atoms with Crippen molar-refractivity contribution in [3.8, 4) is 11.5 Å². The first-order valence-electron chi connectivity index (χ1n) is 10.5. The predicted molar refractivity (Wildman–Crippen MR) is 127 cm³/mol. The highest BCUT2D eigenvalue weighted by Crippen LogP contribution is 2.31. The Kier molecular flexibility index (Phi) is 7.04. The molecule has 3 rings (SSSR count). The van der Waals surface area contributed by atoms with Gasteiger partial charge in [-0.3, -0.25) is 9.78 Å². The molecule has 6 nitrogen and oxygen atoms in total. The van der Waals surface area contributed by atoms with E-state index in [9.17, 15) is 9.90 Å². The summed E-state index contributed by atoms with van der Waals surface area (Å²) in [4.78, 5) is 20.4. The molecule has 0 fully saturated rings. The van der Waals surface area contributed by atoms with Crippen molar-refractivity contribution < 1.29 is 14.6 Å². The van der Waals surface area contributed by atoms with E-state index in [1.54, 1.807) is 38.2 Å². The number of carbonyl (C=O) groups is 1. The molecular weight excluding hydrogens is 426 g/mol. The smallest absolute Gasteiger partial charge is 0.309 e. The van der Waals surface area contributed by atoms with Crippen LogP contribution >= 0.6 is 11.6 Å². The summed E-state index contributed by atoms with van der Waals surface area (Å²) in [5.74, 6) is 0.987. The highest BCUT2D eigenvalue weighted by molar-refractivity contribution is 6.31. The van der Waals surface area contributed by atoms with Crippen molar-refractivity contribution in [3.63, 3.8) is 0 Å². The molecule has 0 aliphatic heterocycles. The van der Waals surface area contributed by atoms with Gasteiger partial charge in [0.15, 0.2) is 0 Å². The second-order valence-electron chi connectivity index (χ2n) is 8.53. The van der Waals surface area contributed by atoms with E-state index in [2.05, 4.69) is 15.3 Å². The van der Waals surface area contributed by atoms with Gasteiger partial charge < -0.3 is 15.2 Å². The summed E-state index contributed by atoms with van der Waals surface area (Å²) in [6.45, 7) is 9.33. The third kappa shape index (κ3) is 5.77. The monoisotopic (exact) mass is 453 g/mol. The van der Waals surface area contributed by atoms with Gasteiger partial charge >= 0.3 is 5.97 Å². The van der Waals surface area contributed by atoms with Crippen LogP contribution in [-0.2, 0) is 17.6 Å². The first kappa shape index (κ1) is 23.5. The van der Waals surface area contributed by atoms with Crippen LogP contribution in [0.2, 0.25) is 5.02 Å². The molecule has 7 heteroatoms. The summed E-state index contributed by atoms with van der Waals surface area (Å²) >= 11 is 6.30. The Hall–Kier alpha value is -3.12. The van der Waals surface area contributed by atoms with Gasteiger partial charge in [-0.15, -0.1) is 0 Å². The van der Waals surface area contributed by atoms with Gasteiger partial charge in [-0.1, -0.05) is 24.6 Å². The fourth-order valence-electron chi connectivity index (χ4n) is 3.41. The van der Waals surface area contributed by atoms with Crippen molar-refractivity contribution in [2.75, 3.05) is 5.32 Å². The number of ether oxygens (including phenoxy) is 1. The van der Waals surface area contributed by atoms with Gasteiger partial charge in [-0.05, 0) is 69.9 Å². The lowest BCUT2D eigenvalue weighted by molar-refractivity contribution is -0.146. The van der Waals surface area contributed by atoms with E-state index in [-0.39, 0.29) is 0 Å².